The van der Waals surface area contributed by atoms with Crippen molar-refractivity contribution in [1.82, 2.24) is 10.2 Å². The Labute approximate surface area is 124 Å². The first-order chi connectivity index (χ1) is 10.0. The fourth-order valence-corrected chi connectivity index (χ4v) is 2.48. The average molecular weight is 287 g/mol. The van der Waals surface area contributed by atoms with E-state index in [1.54, 1.807) is 11.1 Å². The first-order valence-corrected chi connectivity index (χ1v) is 7.08. The lowest BCUT2D eigenvalue weighted by Gasteiger charge is -2.32. The van der Waals surface area contributed by atoms with Crippen molar-refractivity contribution >= 4 is 17.9 Å². The quantitative estimate of drug-likeness (QED) is 0.879. The summed E-state index contributed by atoms with van der Waals surface area (Å²) in [5, 5.41) is 2.84. The summed E-state index contributed by atoms with van der Waals surface area (Å²) in [5.41, 5.74) is 7.55. The maximum absolute atomic E-state index is 12.1. The molecule has 1 aromatic rings. The highest BCUT2D eigenvalue weighted by Crippen LogP contribution is 2.32. The molecule has 0 saturated carbocycles. The third-order valence-corrected chi connectivity index (χ3v) is 3.61. The van der Waals surface area contributed by atoms with Crippen LogP contribution in [0.15, 0.2) is 30.5 Å². The number of hydrogen-bond donors (Lipinski definition) is 2. The summed E-state index contributed by atoms with van der Waals surface area (Å²) in [7, 11) is 0. The van der Waals surface area contributed by atoms with Crippen molar-refractivity contribution in [1.29, 1.82) is 0 Å². The Morgan fingerprint density at radius 2 is 2.10 bits per heavy atom. The smallest absolute Gasteiger partial charge is 0.223 e. The van der Waals surface area contributed by atoms with Crippen LogP contribution >= 0.6 is 0 Å². The topological polar surface area (TPSA) is 75.4 Å². The zero-order valence-electron chi connectivity index (χ0n) is 12.4. The predicted octanol–water partition coefficient (Wildman–Crippen LogP) is 1.41. The first-order valence-electron chi connectivity index (χ1n) is 7.08. The van der Waals surface area contributed by atoms with Crippen molar-refractivity contribution in [3.8, 4) is 0 Å². The third-order valence-electron chi connectivity index (χ3n) is 3.61. The van der Waals surface area contributed by atoms with Crippen molar-refractivity contribution in [2.75, 3.05) is 6.54 Å². The number of benzene rings is 1. The fraction of sp³-hybridized carbons (Fsp3) is 0.375. The van der Waals surface area contributed by atoms with Gasteiger partial charge < -0.3 is 16.0 Å². The summed E-state index contributed by atoms with van der Waals surface area (Å²) in [6.07, 6.45) is 3.87. The van der Waals surface area contributed by atoms with Gasteiger partial charge in [-0.1, -0.05) is 24.3 Å². The molecule has 21 heavy (non-hydrogen) atoms. The number of nitrogens with zero attached hydrogens (tertiary/aromatic N) is 1. The van der Waals surface area contributed by atoms with Crippen LogP contribution in [0.3, 0.4) is 0 Å². The van der Waals surface area contributed by atoms with E-state index in [2.05, 4.69) is 5.32 Å². The molecule has 2 rings (SSSR count). The molecule has 1 aromatic carbocycles. The van der Waals surface area contributed by atoms with E-state index >= 15 is 0 Å². The van der Waals surface area contributed by atoms with Gasteiger partial charge in [0.2, 0.25) is 11.8 Å². The number of rotatable bonds is 4. The zero-order valence-corrected chi connectivity index (χ0v) is 12.4. The van der Waals surface area contributed by atoms with Crippen molar-refractivity contribution < 1.29 is 9.59 Å². The number of fused-ring (bicyclic) bond motifs is 1. The Hall–Kier alpha value is -2.14. The molecule has 0 bridgehead atoms. The minimum absolute atomic E-state index is 0.0716. The van der Waals surface area contributed by atoms with E-state index in [-0.39, 0.29) is 30.3 Å². The summed E-state index contributed by atoms with van der Waals surface area (Å²) in [5.74, 6) is -0.181. The van der Waals surface area contributed by atoms with E-state index in [1.807, 2.05) is 37.3 Å². The zero-order chi connectivity index (χ0) is 15.4. The van der Waals surface area contributed by atoms with E-state index < -0.39 is 0 Å². The molecule has 1 aliphatic rings. The van der Waals surface area contributed by atoms with E-state index in [0.717, 1.165) is 11.1 Å². The van der Waals surface area contributed by atoms with Crippen molar-refractivity contribution in [3.63, 3.8) is 0 Å². The summed E-state index contributed by atoms with van der Waals surface area (Å²) < 4.78 is 0. The maximum atomic E-state index is 12.1. The Kier molecular flexibility index (Phi) is 4.75. The van der Waals surface area contributed by atoms with Crippen LogP contribution < -0.4 is 11.1 Å². The largest absolute Gasteiger partial charge is 0.352 e. The molecule has 0 radical (unpaired) electrons. The van der Waals surface area contributed by atoms with Gasteiger partial charge in [0.05, 0.1) is 12.5 Å². The van der Waals surface area contributed by atoms with Crippen molar-refractivity contribution in [2.24, 2.45) is 5.73 Å². The highest BCUT2D eigenvalue weighted by Gasteiger charge is 2.28. The summed E-state index contributed by atoms with van der Waals surface area (Å²) in [4.78, 5) is 25.5. The predicted molar refractivity (Wildman–Crippen MR) is 82.0 cm³/mol. The average Bonchev–Trinajstić information content (AvgIpc) is 2.47. The van der Waals surface area contributed by atoms with Gasteiger partial charge in [0.1, 0.15) is 0 Å². The summed E-state index contributed by atoms with van der Waals surface area (Å²) in [6.45, 7) is 3.75. The maximum Gasteiger partial charge on any atom is 0.223 e. The molecular weight excluding hydrogens is 266 g/mol. The Bertz CT molecular complexity index is 568. The molecule has 0 fully saturated rings. The molecule has 5 nitrogen and oxygen atoms in total. The lowest BCUT2D eigenvalue weighted by Crippen LogP contribution is -2.40. The van der Waals surface area contributed by atoms with Crippen molar-refractivity contribution in [2.45, 2.75) is 32.4 Å². The van der Waals surface area contributed by atoms with E-state index in [0.29, 0.717) is 6.54 Å². The van der Waals surface area contributed by atoms with Gasteiger partial charge in [0, 0.05) is 25.7 Å². The van der Waals surface area contributed by atoms with Gasteiger partial charge in [-0.3, -0.25) is 9.59 Å². The van der Waals surface area contributed by atoms with Crippen LogP contribution in [0.2, 0.25) is 0 Å². The van der Waals surface area contributed by atoms with Gasteiger partial charge in [-0.05, 0) is 24.1 Å². The number of hydrogen-bond acceptors (Lipinski definition) is 3. The van der Waals surface area contributed by atoms with Crippen LogP contribution in [0.1, 0.15) is 37.4 Å². The van der Waals surface area contributed by atoms with Gasteiger partial charge in [0.25, 0.3) is 0 Å². The molecule has 1 unspecified atom stereocenters. The third kappa shape index (κ3) is 3.49. The molecule has 2 amide bonds. The van der Waals surface area contributed by atoms with E-state index in [1.165, 1.54) is 6.92 Å². The van der Waals surface area contributed by atoms with Gasteiger partial charge in [-0.15, -0.1) is 0 Å². The lowest BCUT2D eigenvalue weighted by atomic mass is 9.93. The standard InChI is InChI=1S/C16H21N3O2/c1-11(10-17)18-16(21)9-15-14-6-4-3-5-13(14)7-8-19(15)12(2)20/h3-8,11,15H,9-10,17H2,1-2H3,(H,18,21)/t11-,15?/m0/s1. The number of nitrogens with one attached hydrogen (secondary N) is 1. The minimum Gasteiger partial charge on any atom is -0.352 e. The Morgan fingerprint density at radius 3 is 2.76 bits per heavy atom. The fourth-order valence-electron chi connectivity index (χ4n) is 2.48. The molecule has 1 heterocycles. The highest BCUT2D eigenvalue weighted by atomic mass is 16.2. The Morgan fingerprint density at radius 1 is 1.38 bits per heavy atom. The number of nitrogens with two attached hydrogens (primary N) is 1. The van der Waals surface area contributed by atoms with Gasteiger partial charge in [-0.25, -0.2) is 0 Å². The summed E-state index contributed by atoms with van der Waals surface area (Å²) in [6, 6.07) is 7.46. The van der Waals surface area contributed by atoms with Crippen LogP contribution in [0.25, 0.3) is 6.08 Å². The van der Waals surface area contributed by atoms with Gasteiger partial charge >= 0.3 is 0 Å². The Balaban J connectivity index is 2.22. The lowest BCUT2D eigenvalue weighted by molar-refractivity contribution is -0.130. The molecule has 0 saturated heterocycles. The second-order valence-electron chi connectivity index (χ2n) is 5.30. The molecule has 2 atom stereocenters. The molecule has 3 N–H and O–H groups in total. The number of carbonyl (C=O) groups is 2. The second kappa shape index (κ2) is 6.54. The highest BCUT2D eigenvalue weighted by molar-refractivity contribution is 5.81. The molecule has 112 valence electrons. The van der Waals surface area contributed by atoms with Gasteiger partial charge in [-0.2, -0.15) is 0 Å². The molecular formula is C16H21N3O2. The first kappa shape index (κ1) is 15.3. The monoisotopic (exact) mass is 287 g/mol. The number of carbonyl (C=O) groups excluding carboxylic acids is 2. The van der Waals surface area contributed by atoms with Gasteiger partial charge in [0.15, 0.2) is 0 Å². The van der Waals surface area contributed by atoms with Crippen LogP contribution in [-0.4, -0.2) is 29.3 Å². The van der Waals surface area contributed by atoms with E-state index in [9.17, 15) is 9.59 Å². The SMILES string of the molecule is CC(=O)N1C=Cc2ccccc2C1CC(=O)N[C@@H](C)CN. The van der Waals surface area contributed by atoms with Crippen molar-refractivity contribution in [3.05, 3.63) is 41.6 Å². The number of amides is 2. The van der Waals surface area contributed by atoms with E-state index in [4.69, 9.17) is 5.73 Å². The summed E-state index contributed by atoms with van der Waals surface area (Å²) >= 11 is 0. The molecule has 0 spiro atoms. The molecule has 1 aliphatic heterocycles. The van der Waals surface area contributed by atoms with Crippen LogP contribution in [0.5, 0.6) is 0 Å². The molecule has 0 aromatic heterocycles. The molecule has 5 heteroatoms. The molecule has 0 aliphatic carbocycles. The van der Waals surface area contributed by atoms with Crippen LogP contribution in [0.4, 0.5) is 0 Å². The second-order valence-corrected chi connectivity index (χ2v) is 5.30. The normalized spacial score (nSPS) is 18.0. The van der Waals surface area contributed by atoms with Crippen LogP contribution in [0, 0.1) is 0 Å². The minimum atomic E-state index is -0.270. The van der Waals surface area contributed by atoms with Crippen LogP contribution in [-0.2, 0) is 9.59 Å².